The van der Waals surface area contributed by atoms with E-state index in [4.69, 9.17) is 4.42 Å². The van der Waals surface area contributed by atoms with Crippen LogP contribution >= 0.6 is 0 Å². The van der Waals surface area contributed by atoms with Gasteiger partial charge in [-0.05, 0) is 55.8 Å². The Morgan fingerprint density at radius 1 is 1.10 bits per heavy atom. The van der Waals surface area contributed by atoms with E-state index in [0.29, 0.717) is 29.9 Å². The van der Waals surface area contributed by atoms with E-state index >= 15 is 0 Å². The Kier molecular flexibility index (Phi) is 5.14. The van der Waals surface area contributed by atoms with Crippen LogP contribution in [0.25, 0.3) is 11.5 Å². The van der Waals surface area contributed by atoms with Crippen LogP contribution in [-0.2, 0) is 6.54 Å². The van der Waals surface area contributed by atoms with Crippen molar-refractivity contribution in [3.63, 3.8) is 0 Å². The molecule has 0 radical (unpaired) electrons. The third kappa shape index (κ3) is 4.27. The van der Waals surface area contributed by atoms with Gasteiger partial charge in [0.15, 0.2) is 0 Å². The number of aryl methyl sites for hydroxylation is 2. The predicted octanol–water partition coefficient (Wildman–Crippen LogP) is 4.73. The third-order valence-corrected chi connectivity index (χ3v) is 4.48. The van der Waals surface area contributed by atoms with Gasteiger partial charge >= 0.3 is 0 Å². The highest BCUT2D eigenvalue weighted by Crippen LogP contribution is 2.24. The van der Waals surface area contributed by atoms with Crippen LogP contribution in [0.3, 0.4) is 0 Å². The zero-order valence-electron chi connectivity index (χ0n) is 16.3. The molecule has 0 unspecified atom stereocenters. The molecule has 4 rings (SSSR count). The summed E-state index contributed by atoms with van der Waals surface area (Å²) < 4.78 is 34.2. The summed E-state index contributed by atoms with van der Waals surface area (Å²) in [6.45, 7) is 4.31. The van der Waals surface area contributed by atoms with E-state index in [9.17, 15) is 13.6 Å². The van der Waals surface area contributed by atoms with Crippen molar-refractivity contribution in [1.82, 2.24) is 14.8 Å². The second-order valence-corrected chi connectivity index (χ2v) is 6.93. The van der Waals surface area contributed by atoms with E-state index in [1.807, 2.05) is 20.0 Å². The monoisotopic (exact) mass is 408 g/mol. The lowest BCUT2D eigenvalue weighted by atomic mass is 10.1. The molecule has 2 aromatic carbocycles. The molecule has 0 bridgehead atoms. The average Bonchev–Trinajstić information content (AvgIpc) is 3.27. The number of oxazole rings is 1. The van der Waals surface area contributed by atoms with Crippen LogP contribution < -0.4 is 5.32 Å². The molecular formula is C22H18F2N4O2. The molecule has 0 saturated heterocycles. The van der Waals surface area contributed by atoms with E-state index in [1.54, 1.807) is 35.1 Å². The Morgan fingerprint density at radius 2 is 1.80 bits per heavy atom. The van der Waals surface area contributed by atoms with Gasteiger partial charge in [-0.3, -0.25) is 9.48 Å². The van der Waals surface area contributed by atoms with Gasteiger partial charge in [0.05, 0.1) is 12.7 Å². The normalized spacial score (nSPS) is 10.9. The smallest absolute Gasteiger partial charge is 0.255 e. The van der Waals surface area contributed by atoms with Crippen LogP contribution in [0.5, 0.6) is 0 Å². The summed E-state index contributed by atoms with van der Waals surface area (Å²) in [5.74, 6) is -1.07. The molecule has 4 aromatic rings. The van der Waals surface area contributed by atoms with E-state index in [-0.39, 0.29) is 5.56 Å². The average molecular weight is 408 g/mol. The minimum atomic E-state index is -0.809. The number of nitrogens with zero attached hydrogens (tertiary/aromatic N) is 3. The number of amides is 1. The molecule has 152 valence electrons. The van der Waals surface area contributed by atoms with Gasteiger partial charge in [0.25, 0.3) is 5.91 Å². The molecule has 6 nitrogen and oxygen atoms in total. The number of halogens is 2. The van der Waals surface area contributed by atoms with Gasteiger partial charge in [-0.15, -0.1) is 0 Å². The van der Waals surface area contributed by atoms with Gasteiger partial charge in [0.2, 0.25) is 5.89 Å². The quantitative estimate of drug-likeness (QED) is 0.518. The van der Waals surface area contributed by atoms with Crippen molar-refractivity contribution in [2.45, 2.75) is 20.4 Å². The summed E-state index contributed by atoms with van der Waals surface area (Å²) in [7, 11) is 0. The number of benzene rings is 2. The first-order valence-electron chi connectivity index (χ1n) is 9.20. The SMILES string of the molecule is Cc1cnn(Cc2nc(-c3ccc(NC(=O)c4cc(F)cc(F)c4)cc3)oc2C)c1. The fraction of sp³-hybridized carbons (Fsp3) is 0.136. The van der Waals surface area contributed by atoms with Crippen molar-refractivity contribution in [3.05, 3.63) is 89.1 Å². The van der Waals surface area contributed by atoms with Crippen molar-refractivity contribution in [1.29, 1.82) is 0 Å². The number of anilines is 1. The minimum Gasteiger partial charge on any atom is -0.441 e. The lowest BCUT2D eigenvalue weighted by Crippen LogP contribution is -2.12. The van der Waals surface area contributed by atoms with Gasteiger partial charge in [0, 0.05) is 29.1 Å². The molecule has 0 saturated carbocycles. The molecule has 0 aliphatic rings. The first-order valence-corrected chi connectivity index (χ1v) is 9.20. The summed E-state index contributed by atoms with van der Waals surface area (Å²) in [5.41, 5.74) is 2.95. The van der Waals surface area contributed by atoms with Crippen LogP contribution in [0.1, 0.15) is 27.4 Å². The molecule has 0 atom stereocenters. The molecule has 1 amide bonds. The molecule has 1 N–H and O–H groups in total. The zero-order chi connectivity index (χ0) is 21.3. The fourth-order valence-electron chi connectivity index (χ4n) is 2.99. The van der Waals surface area contributed by atoms with Crippen molar-refractivity contribution >= 4 is 11.6 Å². The molecular weight excluding hydrogens is 390 g/mol. The number of aromatic nitrogens is 3. The van der Waals surface area contributed by atoms with Crippen LogP contribution in [0.15, 0.2) is 59.3 Å². The number of nitrogens with one attached hydrogen (secondary N) is 1. The van der Waals surface area contributed by atoms with Gasteiger partial charge in [-0.25, -0.2) is 13.8 Å². The van der Waals surface area contributed by atoms with Gasteiger partial charge < -0.3 is 9.73 Å². The van der Waals surface area contributed by atoms with Crippen molar-refractivity contribution < 1.29 is 18.0 Å². The predicted molar refractivity (Wildman–Crippen MR) is 107 cm³/mol. The number of carbonyl (C=O) groups is 1. The van der Waals surface area contributed by atoms with Crippen molar-refractivity contribution in [2.24, 2.45) is 0 Å². The van der Waals surface area contributed by atoms with E-state index < -0.39 is 17.5 Å². The van der Waals surface area contributed by atoms with Gasteiger partial charge in [0.1, 0.15) is 23.1 Å². The standard InChI is InChI=1S/C22H18F2N4O2/c1-13-10-25-28(11-13)12-20-14(2)30-22(27-20)15-3-5-19(6-4-15)26-21(29)16-7-17(23)9-18(24)8-16/h3-11H,12H2,1-2H3,(H,26,29). The number of carbonyl (C=O) groups excluding carboxylic acids is 1. The van der Waals surface area contributed by atoms with E-state index in [2.05, 4.69) is 15.4 Å². The van der Waals surface area contributed by atoms with Gasteiger partial charge in [-0.2, -0.15) is 5.10 Å². The van der Waals surface area contributed by atoms with E-state index in [1.165, 1.54) is 0 Å². The molecule has 0 aliphatic heterocycles. The van der Waals surface area contributed by atoms with Gasteiger partial charge in [-0.1, -0.05) is 0 Å². The molecule has 0 spiro atoms. The lowest BCUT2D eigenvalue weighted by Gasteiger charge is -2.06. The molecule has 2 heterocycles. The topological polar surface area (TPSA) is 73.0 Å². The molecule has 0 fully saturated rings. The molecule has 2 aromatic heterocycles. The molecule has 0 aliphatic carbocycles. The summed E-state index contributed by atoms with van der Waals surface area (Å²) >= 11 is 0. The Morgan fingerprint density at radius 3 is 2.43 bits per heavy atom. The Bertz CT molecular complexity index is 1190. The zero-order valence-corrected chi connectivity index (χ0v) is 16.3. The molecule has 8 heteroatoms. The second kappa shape index (κ2) is 7.90. The van der Waals surface area contributed by atoms with Crippen LogP contribution in [-0.4, -0.2) is 20.7 Å². The number of hydrogen-bond acceptors (Lipinski definition) is 4. The Hall–Kier alpha value is -3.81. The first-order chi connectivity index (χ1) is 14.4. The van der Waals surface area contributed by atoms with Crippen LogP contribution in [0.4, 0.5) is 14.5 Å². The second-order valence-electron chi connectivity index (χ2n) is 6.93. The number of rotatable bonds is 5. The van der Waals surface area contributed by atoms with Crippen molar-refractivity contribution in [2.75, 3.05) is 5.32 Å². The largest absolute Gasteiger partial charge is 0.441 e. The highest BCUT2D eigenvalue weighted by Gasteiger charge is 2.13. The fourth-order valence-corrected chi connectivity index (χ4v) is 2.99. The highest BCUT2D eigenvalue weighted by atomic mass is 19.1. The third-order valence-electron chi connectivity index (χ3n) is 4.48. The first kappa shape index (κ1) is 19.5. The lowest BCUT2D eigenvalue weighted by molar-refractivity contribution is 0.102. The maximum Gasteiger partial charge on any atom is 0.255 e. The van der Waals surface area contributed by atoms with Crippen LogP contribution in [0, 0.1) is 25.5 Å². The van der Waals surface area contributed by atoms with E-state index in [0.717, 1.165) is 29.0 Å². The number of hydrogen-bond donors (Lipinski definition) is 1. The highest BCUT2D eigenvalue weighted by molar-refractivity contribution is 6.04. The van der Waals surface area contributed by atoms with Crippen molar-refractivity contribution in [3.8, 4) is 11.5 Å². The molecule has 30 heavy (non-hydrogen) atoms. The summed E-state index contributed by atoms with van der Waals surface area (Å²) in [6, 6.07) is 9.49. The summed E-state index contributed by atoms with van der Waals surface area (Å²) in [4.78, 5) is 16.8. The Labute approximate surface area is 171 Å². The maximum atomic E-state index is 13.3. The summed E-state index contributed by atoms with van der Waals surface area (Å²) in [6.07, 6.45) is 3.71. The minimum absolute atomic E-state index is 0.0987. The maximum absolute atomic E-state index is 13.3. The van der Waals surface area contributed by atoms with Crippen LogP contribution in [0.2, 0.25) is 0 Å². The summed E-state index contributed by atoms with van der Waals surface area (Å²) in [5, 5.41) is 6.87. The Balaban J connectivity index is 1.48.